The van der Waals surface area contributed by atoms with Crippen LogP contribution in [0.2, 0.25) is 0 Å². The molecule has 2 aromatic rings. The molecule has 15 heavy (non-hydrogen) atoms. The van der Waals surface area contributed by atoms with Gasteiger partial charge in [-0.05, 0) is 18.4 Å². The van der Waals surface area contributed by atoms with Gasteiger partial charge < -0.3 is 10.5 Å². The monoisotopic (exact) mass is 221 g/mol. The van der Waals surface area contributed by atoms with Crippen molar-refractivity contribution in [1.82, 2.24) is 0 Å². The summed E-state index contributed by atoms with van der Waals surface area (Å²) in [6.45, 7) is 4.03. The molecule has 0 atom stereocenters. The molecule has 2 rings (SSSR count). The molecule has 0 fully saturated rings. The lowest BCUT2D eigenvalue weighted by Crippen LogP contribution is -1.99. The van der Waals surface area contributed by atoms with Crippen molar-refractivity contribution in [3.63, 3.8) is 0 Å². The highest BCUT2D eigenvalue weighted by molar-refractivity contribution is 7.19. The van der Waals surface area contributed by atoms with Crippen molar-refractivity contribution < 1.29 is 4.74 Å². The minimum Gasteiger partial charge on any atom is -0.377 e. The van der Waals surface area contributed by atoms with Gasteiger partial charge in [-0.3, -0.25) is 0 Å². The van der Waals surface area contributed by atoms with E-state index in [1.54, 1.807) is 11.3 Å². The van der Waals surface area contributed by atoms with E-state index < -0.39 is 0 Å². The Labute approximate surface area is 93.7 Å². The predicted octanol–water partition coefficient (Wildman–Crippen LogP) is 2.90. The second-order valence-corrected chi connectivity index (χ2v) is 4.48. The molecular formula is C12H15NOS. The summed E-state index contributed by atoms with van der Waals surface area (Å²) in [7, 11) is 0. The molecule has 0 saturated carbocycles. The Hall–Kier alpha value is -0.900. The van der Waals surface area contributed by atoms with Crippen molar-refractivity contribution in [2.24, 2.45) is 5.73 Å². The summed E-state index contributed by atoms with van der Waals surface area (Å²) >= 11 is 1.77. The number of rotatable bonds is 4. The van der Waals surface area contributed by atoms with Gasteiger partial charge in [-0.25, -0.2) is 0 Å². The molecule has 0 aliphatic heterocycles. The number of benzene rings is 1. The van der Waals surface area contributed by atoms with E-state index in [9.17, 15) is 0 Å². The summed E-state index contributed by atoms with van der Waals surface area (Å²) < 4.78 is 6.78. The summed E-state index contributed by atoms with van der Waals surface area (Å²) in [5, 5.41) is 1.29. The number of hydrogen-bond acceptors (Lipinski definition) is 3. The first-order valence-electron chi connectivity index (χ1n) is 5.14. The van der Waals surface area contributed by atoms with Crippen molar-refractivity contribution in [1.29, 1.82) is 0 Å². The minimum absolute atomic E-state index is 0.599. The fourth-order valence-corrected chi connectivity index (χ4v) is 2.77. The minimum atomic E-state index is 0.599. The molecule has 0 spiro atoms. The SMILES string of the molecule is CCOCc1c(CN)sc2ccccc12. The second kappa shape index (κ2) is 4.75. The van der Waals surface area contributed by atoms with Crippen LogP contribution in [-0.2, 0) is 17.9 Å². The zero-order valence-electron chi connectivity index (χ0n) is 8.82. The summed E-state index contributed by atoms with van der Waals surface area (Å²) in [5.41, 5.74) is 7.00. The standard InChI is InChI=1S/C12H15NOS/c1-2-14-8-10-9-5-3-4-6-11(9)15-12(10)7-13/h3-6H,2,7-8,13H2,1H3. The van der Waals surface area contributed by atoms with Crippen molar-refractivity contribution in [3.05, 3.63) is 34.7 Å². The molecule has 80 valence electrons. The van der Waals surface area contributed by atoms with Crippen LogP contribution in [0.5, 0.6) is 0 Å². The van der Waals surface area contributed by atoms with Gasteiger partial charge in [0.25, 0.3) is 0 Å². The fraction of sp³-hybridized carbons (Fsp3) is 0.333. The highest BCUT2D eigenvalue weighted by Gasteiger charge is 2.09. The van der Waals surface area contributed by atoms with Crippen molar-refractivity contribution in [2.75, 3.05) is 6.61 Å². The van der Waals surface area contributed by atoms with Gasteiger partial charge in [0.15, 0.2) is 0 Å². The van der Waals surface area contributed by atoms with Crippen LogP contribution in [0.4, 0.5) is 0 Å². The van der Waals surface area contributed by atoms with Gasteiger partial charge in [0, 0.05) is 28.3 Å². The van der Waals surface area contributed by atoms with E-state index in [1.165, 1.54) is 20.5 Å². The molecule has 0 unspecified atom stereocenters. The maximum atomic E-state index is 5.74. The fourth-order valence-electron chi connectivity index (χ4n) is 1.68. The summed E-state index contributed by atoms with van der Waals surface area (Å²) in [6.07, 6.45) is 0. The Morgan fingerprint density at radius 3 is 2.87 bits per heavy atom. The quantitative estimate of drug-likeness (QED) is 0.861. The van der Waals surface area contributed by atoms with Gasteiger partial charge in [0.05, 0.1) is 6.61 Å². The molecule has 2 N–H and O–H groups in total. The molecule has 3 heteroatoms. The van der Waals surface area contributed by atoms with Gasteiger partial charge in [-0.2, -0.15) is 0 Å². The molecule has 0 saturated heterocycles. The Morgan fingerprint density at radius 2 is 2.13 bits per heavy atom. The molecular weight excluding hydrogens is 206 g/mol. The molecule has 1 heterocycles. The van der Waals surface area contributed by atoms with Gasteiger partial charge >= 0.3 is 0 Å². The van der Waals surface area contributed by atoms with Crippen LogP contribution >= 0.6 is 11.3 Å². The summed E-state index contributed by atoms with van der Waals surface area (Å²) in [6, 6.07) is 8.39. The average Bonchev–Trinajstić information content (AvgIpc) is 2.64. The van der Waals surface area contributed by atoms with Crippen LogP contribution in [0.25, 0.3) is 10.1 Å². The van der Waals surface area contributed by atoms with Gasteiger partial charge in [0.1, 0.15) is 0 Å². The molecule has 1 aromatic heterocycles. The average molecular weight is 221 g/mol. The topological polar surface area (TPSA) is 35.2 Å². The van der Waals surface area contributed by atoms with E-state index in [-0.39, 0.29) is 0 Å². The first kappa shape index (κ1) is 10.6. The van der Waals surface area contributed by atoms with Gasteiger partial charge in [-0.15, -0.1) is 11.3 Å². The van der Waals surface area contributed by atoms with E-state index in [2.05, 4.69) is 24.3 Å². The van der Waals surface area contributed by atoms with E-state index in [4.69, 9.17) is 10.5 Å². The lowest BCUT2D eigenvalue weighted by molar-refractivity contribution is 0.134. The Kier molecular flexibility index (Phi) is 3.36. The van der Waals surface area contributed by atoms with Crippen molar-refractivity contribution in [3.8, 4) is 0 Å². The maximum Gasteiger partial charge on any atom is 0.0734 e. The smallest absolute Gasteiger partial charge is 0.0734 e. The lowest BCUT2D eigenvalue weighted by atomic mass is 10.1. The number of hydrogen-bond donors (Lipinski definition) is 1. The first-order valence-corrected chi connectivity index (χ1v) is 5.95. The third-order valence-corrected chi connectivity index (χ3v) is 3.65. The largest absolute Gasteiger partial charge is 0.377 e. The zero-order valence-corrected chi connectivity index (χ0v) is 9.64. The van der Waals surface area contributed by atoms with Crippen molar-refractivity contribution >= 4 is 21.4 Å². The third kappa shape index (κ3) is 2.04. The number of ether oxygens (including phenoxy) is 1. The predicted molar refractivity (Wildman–Crippen MR) is 65.0 cm³/mol. The number of fused-ring (bicyclic) bond motifs is 1. The third-order valence-electron chi connectivity index (χ3n) is 2.42. The van der Waals surface area contributed by atoms with Crippen LogP contribution in [-0.4, -0.2) is 6.61 Å². The second-order valence-electron chi connectivity index (χ2n) is 3.34. The van der Waals surface area contributed by atoms with E-state index in [0.29, 0.717) is 13.2 Å². The molecule has 0 radical (unpaired) electrons. The molecule has 0 aliphatic rings. The van der Waals surface area contributed by atoms with E-state index in [0.717, 1.165) is 6.61 Å². The number of nitrogens with two attached hydrogens (primary N) is 1. The Bertz CT molecular complexity index is 450. The van der Waals surface area contributed by atoms with Gasteiger partial charge in [0.2, 0.25) is 0 Å². The van der Waals surface area contributed by atoms with Crippen LogP contribution < -0.4 is 5.73 Å². The van der Waals surface area contributed by atoms with Gasteiger partial charge in [-0.1, -0.05) is 18.2 Å². The number of thiophene rings is 1. The molecule has 2 nitrogen and oxygen atoms in total. The normalized spacial score (nSPS) is 11.1. The molecule has 1 aromatic carbocycles. The zero-order chi connectivity index (χ0) is 10.7. The maximum absolute atomic E-state index is 5.74. The Balaban J connectivity index is 2.47. The van der Waals surface area contributed by atoms with Crippen LogP contribution in [0.15, 0.2) is 24.3 Å². The first-order chi connectivity index (χ1) is 7.36. The van der Waals surface area contributed by atoms with Crippen LogP contribution in [0, 0.1) is 0 Å². The van der Waals surface area contributed by atoms with Crippen LogP contribution in [0.3, 0.4) is 0 Å². The van der Waals surface area contributed by atoms with Crippen LogP contribution in [0.1, 0.15) is 17.4 Å². The molecule has 0 aliphatic carbocycles. The molecule has 0 amide bonds. The Morgan fingerprint density at radius 1 is 1.33 bits per heavy atom. The highest BCUT2D eigenvalue weighted by Crippen LogP contribution is 2.31. The van der Waals surface area contributed by atoms with Crippen molar-refractivity contribution in [2.45, 2.75) is 20.1 Å². The lowest BCUT2D eigenvalue weighted by Gasteiger charge is -2.02. The molecule has 0 bridgehead atoms. The van der Waals surface area contributed by atoms with E-state index in [1.807, 2.05) is 6.92 Å². The summed E-state index contributed by atoms with van der Waals surface area (Å²) in [5.74, 6) is 0. The highest BCUT2D eigenvalue weighted by atomic mass is 32.1. The summed E-state index contributed by atoms with van der Waals surface area (Å²) in [4.78, 5) is 1.24. The van der Waals surface area contributed by atoms with E-state index >= 15 is 0 Å².